The first kappa shape index (κ1) is 32.3. The van der Waals surface area contributed by atoms with E-state index in [0.717, 1.165) is 12.1 Å². The van der Waals surface area contributed by atoms with Crippen molar-refractivity contribution >= 4 is 47.8 Å². The second kappa shape index (κ2) is 12.3. The predicted molar refractivity (Wildman–Crippen MR) is 160 cm³/mol. The molecular weight excluding hydrogens is 611 g/mol. The van der Waals surface area contributed by atoms with E-state index in [1.54, 1.807) is 4.90 Å². The number of hydrogen-bond donors (Lipinski definition) is 4. The van der Waals surface area contributed by atoms with E-state index in [4.69, 9.17) is 9.79 Å². The lowest BCUT2D eigenvalue weighted by atomic mass is 10.1. The fourth-order valence-corrected chi connectivity index (χ4v) is 6.59. The summed E-state index contributed by atoms with van der Waals surface area (Å²) in [4.78, 5) is 79.4. The largest absolute Gasteiger partial charge is 0.399 e. The van der Waals surface area contributed by atoms with Crippen LogP contribution in [-0.4, -0.2) is 86.0 Å². The van der Waals surface area contributed by atoms with Gasteiger partial charge in [-0.2, -0.15) is 8.78 Å². The Balaban J connectivity index is 1.42. The van der Waals surface area contributed by atoms with Gasteiger partial charge in [0.05, 0.1) is 0 Å². The second-order valence-electron chi connectivity index (χ2n) is 11.3. The highest BCUT2D eigenvalue weighted by molar-refractivity contribution is 7.52. The fraction of sp³-hybridized carbons (Fsp3) is 0.400. The summed E-state index contributed by atoms with van der Waals surface area (Å²) >= 11 is 0. The van der Waals surface area contributed by atoms with Crippen molar-refractivity contribution in [2.45, 2.75) is 56.9 Å². The summed E-state index contributed by atoms with van der Waals surface area (Å²) in [7, 11) is -5.81. The molecule has 5 rings (SSSR count). The van der Waals surface area contributed by atoms with Crippen LogP contribution in [0.2, 0.25) is 0 Å². The van der Waals surface area contributed by atoms with Crippen molar-refractivity contribution in [2.24, 2.45) is 0 Å². The van der Waals surface area contributed by atoms with Gasteiger partial charge in [0.2, 0.25) is 17.7 Å². The normalized spacial score (nSPS) is 20.8. The smallest absolute Gasteiger partial charge is 0.351 e. The van der Waals surface area contributed by atoms with Gasteiger partial charge in [-0.1, -0.05) is 24.3 Å². The van der Waals surface area contributed by atoms with Crippen LogP contribution < -0.4 is 10.2 Å². The Morgan fingerprint density at radius 2 is 1.80 bits per heavy atom. The number of carbonyl (C=O) groups excluding carboxylic acids is 4. The first-order chi connectivity index (χ1) is 21.2. The average Bonchev–Trinajstić information content (AvgIpc) is 3.61. The standard InChI is InChI=1S/C30H34F2N5O7P/c1-3-36(21-7-5-4-6-8-21)29(41)26-12-10-22-13-14-35(18(2)38)17-25(28(40)37(22)26)34-27(39)24-16-19-15-20(9-11-23(19)33-24)30(31,32)45(42,43)44/h4-9,11,15-16,22,25-26,33H,3,10,12-14,17H2,1-2H3,(H,34,39)(H2,42,43,44)/t22-,25+,26+/m1/s1. The summed E-state index contributed by atoms with van der Waals surface area (Å²) in [5, 5.41) is 2.75. The molecular formula is C30H34F2N5O7P. The van der Waals surface area contributed by atoms with Crippen molar-refractivity contribution in [1.29, 1.82) is 0 Å². The molecule has 2 fully saturated rings. The third kappa shape index (κ3) is 6.22. The van der Waals surface area contributed by atoms with Gasteiger partial charge in [0.15, 0.2) is 0 Å². The molecule has 0 bridgehead atoms. The first-order valence-corrected chi connectivity index (χ1v) is 16.2. The van der Waals surface area contributed by atoms with E-state index >= 15 is 0 Å². The number of nitrogens with one attached hydrogen (secondary N) is 2. The molecule has 240 valence electrons. The number of H-pyrrole nitrogens is 1. The van der Waals surface area contributed by atoms with Crippen LogP contribution in [0.25, 0.3) is 10.9 Å². The van der Waals surface area contributed by atoms with Gasteiger partial charge < -0.3 is 34.8 Å². The maximum Gasteiger partial charge on any atom is 0.399 e. The lowest BCUT2D eigenvalue weighted by molar-refractivity contribution is -0.144. The van der Waals surface area contributed by atoms with Gasteiger partial charge in [0.25, 0.3) is 5.91 Å². The van der Waals surface area contributed by atoms with Gasteiger partial charge in [-0.3, -0.25) is 23.7 Å². The molecule has 3 atom stereocenters. The molecule has 2 aliphatic heterocycles. The topological polar surface area (TPSA) is 163 Å². The van der Waals surface area contributed by atoms with Gasteiger partial charge in [0.1, 0.15) is 17.8 Å². The Kier molecular flexibility index (Phi) is 8.85. The molecule has 4 amide bonds. The molecule has 15 heteroatoms. The maximum absolute atomic E-state index is 14.3. The quantitative estimate of drug-likeness (QED) is 0.287. The van der Waals surface area contributed by atoms with E-state index < -0.39 is 42.7 Å². The van der Waals surface area contributed by atoms with Crippen molar-refractivity contribution in [3.63, 3.8) is 0 Å². The summed E-state index contributed by atoms with van der Waals surface area (Å²) in [6.45, 7) is 3.77. The molecule has 2 aromatic carbocycles. The van der Waals surface area contributed by atoms with Crippen LogP contribution in [0.5, 0.6) is 0 Å². The van der Waals surface area contributed by atoms with E-state index in [9.17, 15) is 32.5 Å². The SMILES string of the molecule is CCN(C(=O)[C@@H]1CC[C@@H]2CCN(C(C)=O)C[C@H](NC(=O)c3cc4cc(C(F)(F)P(=O)(O)O)ccc4[nH]3)C(=O)N21)c1ccccc1. The Morgan fingerprint density at radius 1 is 1.09 bits per heavy atom. The van der Waals surface area contributed by atoms with E-state index in [1.165, 1.54) is 28.9 Å². The molecule has 45 heavy (non-hydrogen) atoms. The molecule has 3 aromatic rings. The lowest BCUT2D eigenvalue weighted by Gasteiger charge is -2.39. The first-order valence-electron chi connectivity index (χ1n) is 14.5. The zero-order valence-electron chi connectivity index (χ0n) is 24.7. The minimum absolute atomic E-state index is 0.0889. The summed E-state index contributed by atoms with van der Waals surface area (Å²) in [6, 6.07) is 10.9. The zero-order valence-corrected chi connectivity index (χ0v) is 25.5. The van der Waals surface area contributed by atoms with Crippen LogP contribution in [0.3, 0.4) is 0 Å². The summed E-state index contributed by atoms with van der Waals surface area (Å²) in [5.41, 5.74) is -4.52. The molecule has 12 nitrogen and oxygen atoms in total. The molecule has 0 aliphatic carbocycles. The van der Waals surface area contributed by atoms with E-state index in [0.29, 0.717) is 38.0 Å². The van der Waals surface area contributed by atoms with Crippen LogP contribution in [0.1, 0.15) is 49.2 Å². The molecule has 0 spiro atoms. The highest BCUT2D eigenvalue weighted by Gasteiger charge is 2.50. The monoisotopic (exact) mass is 645 g/mol. The number of aromatic nitrogens is 1. The number of carbonyl (C=O) groups is 4. The summed E-state index contributed by atoms with van der Waals surface area (Å²) < 4.78 is 39.9. The van der Waals surface area contributed by atoms with Crippen molar-refractivity contribution in [2.75, 3.05) is 24.5 Å². The molecule has 3 heterocycles. The Hall–Kier alpha value is -4.13. The van der Waals surface area contributed by atoms with Crippen molar-refractivity contribution in [3.05, 3.63) is 65.9 Å². The Labute approximate surface area is 257 Å². The number of rotatable bonds is 7. The third-order valence-electron chi connectivity index (χ3n) is 8.45. The number of nitrogens with zero attached hydrogens (tertiary/aromatic N) is 3. The number of alkyl halides is 2. The number of fused-ring (bicyclic) bond motifs is 2. The van der Waals surface area contributed by atoms with Crippen molar-refractivity contribution in [1.82, 2.24) is 20.1 Å². The molecule has 4 N–H and O–H groups in total. The highest BCUT2D eigenvalue weighted by atomic mass is 31.2. The predicted octanol–water partition coefficient (Wildman–Crippen LogP) is 3.16. The minimum atomic E-state index is -5.81. The van der Waals surface area contributed by atoms with E-state index in [-0.39, 0.29) is 41.0 Å². The fourth-order valence-electron chi connectivity index (χ4n) is 6.11. The number of anilines is 1. The van der Waals surface area contributed by atoms with Crippen LogP contribution in [-0.2, 0) is 24.6 Å². The Bertz CT molecular complexity index is 1680. The molecule has 0 radical (unpaired) electrons. The van der Waals surface area contributed by atoms with Gasteiger partial charge in [0, 0.05) is 54.8 Å². The average molecular weight is 646 g/mol. The second-order valence-corrected chi connectivity index (χ2v) is 12.9. The van der Waals surface area contributed by atoms with Crippen molar-refractivity contribution < 1.29 is 42.3 Å². The zero-order chi connectivity index (χ0) is 32.7. The Morgan fingerprint density at radius 3 is 2.44 bits per heavy atom. The minimum Gasteiger partial charge on any atom is -0.351 e. The summed E-state index contributed by atoms with van der Waals surface area (Å²) in [6.07, 6.45) is 1.43. The molecule has 1 aromatic heterocycles. The molecule has 0 saturated carbocycles. The number of hydrogen-bond acceptors (Lipinski definition) is 5. The number of para-hydroxylation sites is 1. The van der Waals surface area contributed by atoms with Gasteiger partial charge >= 0.3 is 13.3 Å². The van der Waals surface area contributed by atoms with Gasteiger partial charge in [-0.05, 0) is 56.5 Å². The third-order valence-corrected chi connectivity index (χ3v) is 9.44. The maximum atomic E-state index is 14.3. The van der Waals surface area contributed by atoms with Crippen LogP contribution in [0, 0.1) is 0 Å². The number of halogens is 2. The van der Waals surface area contributed by atoms with Gasteiger partial charge in [-0.25, -0.2) is 0 Å². The van der Waals surface area contributed by atoms with Gasteiger partial charge in [-0.15, -0.1) is 0 Å². The number of benzene rings is 2. The lowest BCUT2D eigenvalue weighted by Crippen LogP contribution is -2.61. The van der Waals surface area contributed by atoms with E-state index in [1.807, 2.05) is 37.3 Å². The molecule has 0 unspecified atom stereocenters. The van der Waals surface area contributed by atoms with Crippen LogP contribution >= 0.6 is 7.60 Å². The molecule has 2 aliphatic rings. The molecule has 2 saturated heterocycles. The highest BCUT2D eigenvalue weighted by Crippen LogP contribution is 2.59. The van der Waals surface area contributed by atoms with E-state index in [2.05, 4.69) is 10.3 Å². The van der Waals surface area contributed by atoms with Crippen LogP contribution in [0.4, 0.5) is 14.5 Å². The summed E-state index contributed by atoms with van der Waals surface area (Å²) in [5.74, 6) is -1.81. The number of aromatic amines is 1. The van der Waals surface area contributed by atoms with Crippen LogP contribution in [0.15, 0.2) is 54.6 Å². The number of likely N-dealkylation sites (N-methyl/N-ethyl adjacent to an activating group) is 1. The number of amides is 4. The van der Waals surface area contributed by atoms with Crippen molar-refractivity contribution in [3.8, 4) is 0 Å².